The van der Waals surface area contributed by atoms with Crippen LogP contribution in [0.15, 0.2) is 24.4 Å². The first kappa shape index (κ1) is 18.8. The molecule has 2 fully saturated rings. The predicted octanol–water partition coefficient (Wildman–Crippen LogP) is 3.10. The molecule has 5 rings (SSSR count). The van der Waals surface area contributed by atoms with Gasteiger partial charge >= 0.3 is 0 Å². The van der Waals surface area contributed by atoms with Crippen molar-refractivity contribution < 1.29 is 4.39 Å². The number of aromatic nitrogens is 4. The summed E-state index contributed by atoms with van der Waals surface area (Å²) in [5.74, 6) is 2.38. The molecule has 0 amide bonds. The molecule has 4 heterocycles. The minimum absolute atomic E-state index is 0.324. The predicted molar refractivity (Wildman–Crippen MR) is 116 cm³/mol. The number of halogens is 1. The third-order valence-corrected chi connectivity index (χ3v) is 6.86. The molecule has 152 valence electrons. The molecule has 8 heteroatoms. The van der Waals surface area contributed by atoms with Crippen LogP contribution in [-0.4, -0.2) is 52.1 Å². The molecular weight excluding hydrogens is 387 g/mol. The number of benzene rings is 1. The lowest BCUT2D eigenvalue weighted by atomic mass is 9.84. The van der Waals surface area contributed by atoms with Crippen molar-refractivity contribution in [1.29, 1.82) is 0 Å². The zero-order chi connectivity index (χ0) is 20.2. The Hall–Kier alpha value is -2.19. The van der Waals surface area contributed by atoms with Crippen LogP contribution >= 0.6 is 12.6 Å². The van der Waals surface area contributed by atoms with Crippen molar-refractivity contribution in [2.75, 3.05) is 31.1 Å². The van der Waals surface area contributed by atoms with E-state index in [0.29, 0.717) is 18.8 Å². The first-order valence-corrected chi connectivity index (χ1v) is 10.6. The molecule has 6 nitrogen and oxygen atoms in total. The monoisotopic (exact) mass is 412 g/mol. The third-order valence-electron chi connectivity index (χ3n) is 6.11. The highest BCUT2D eigenvalue weighted by Crippen LogP contribution is 2.42. The molecule has 3 aromatic rings. The number of hydrogen-bond acceptors (Lipinski definition) is 6. The molecule has 0 radical (unpaired) electrons. The van der Waals surface area contributed by atoms with E-state index in [0.717, 1.165) is 53.3 Å². The number of anilines is 1. The van der Waals surface area contributed by atoms with Crippen LogP contribution in [-0.2, 0) is 4.75 Å². The summed E-state index contributed by atoms with van der Waals surface area (Å²) in [5.41, 5.74) is 2.88. The summed E-state index contributed by atoms with van der Waals surface area (Å²) in [4.78, 5) is 11.4. The fourth-order valence-electron chi connectivity index (χ4n) is 4.33. The summed E-state index contributed by atoms with van der Waals surface area (Å²) in [5, 5.41) is 8.72. The van der Waals surface area contributed by atoms with Gasteiger partial charge in [-0.05, 0) is 56.5 Å². The second-order valence-electron chi connectivity index (χ2n) is 8.10. The Morgan fingerprint density at radius 1 is 1.17 bits per heavy atom. The van der Waals surface area contributed by atoms with Crippen LogP contribution in [0.4, 0.5) is 10.2 Å². The van der Waals surface area contributed by atoms with Gasteiger partial charge in [0.2, 0.25) is 0 Å². The van der Waals surface area contributed by atoms with E-state index in [2.05, 4.69) is 31.3 Å². The lowest BCUT2D eigenvalue weighted by Crippen LogP contribution is -2.46. The van der Waals surface area contributed by atoms with Crippen molar-refractivity contribution in [3.05, 3.63) is 41.3 Å². The van der Waals surface area contributed by atoms with Crippen molar-refractivity contribution in [2.45, 2.75) is 37.6 Å². The smallest absolute Gasteiger partial charge is 0.159 e. The van der Waals surface area contributed by atoms with Crippen LogP contribution in [0.5, 0.6) is 0 Å². The van der Waals surface area contributed by atoms with Gasteiger partial charge in [-0.25, -0.2) is 19.0 Å². The van der Waals surface area contributed by atoms with Crippen molar-refractivity contribution in [3.63, 3.8) is 0 Å². The first-order valence-electron chi connectivity index (χ1n) is 10.1. The van der Waals surface area contributed by atoms with Gasteiger partial charge in [-0.2, -0.15) is 17.7 Å². The highest BCUT2D eigenvalue weighted by Gasteiger charge is 2.41. The number of piperidine rings is 1. The molecule has 2 aromatic heterocycles. The van der Waals surface area contributed by atoms with E-state index in [1.54, 1.807) is 0 Å². The van der Waals surface area contributed by atoms with Crippen LogP contribution in [0.25, 0.3) is 16.7 Å². The highest BCUT2D eigenvalue weighted by atomic mass is 32.1. The summed E-state index contributed by atoms with van der Waals surface area (Å²) in [6, 6.07) is 6.10. The molecule has 2 aliphatic heterocycles. The minimum Gasteiger partial charge on any atom is -0.356 e. The zero-order valence-electron chi connectivity index (χ0n) is 16.7. The molecule has 2 atom stereocenters. The number of aryl methyl sites for hydroxylation is 2. The van der Waals surface area contributed by atoms with Gasteiger partial charge in [0.1, 0.15) is 17.8 Å². The zero-order valence-corrected chi connectivity index (χ0v) is 17.6. The summed E-state index contributed by atoms with van der Waals surface area (Å²) in [6.45, 7) is 7.05. The van der Waals surface area contributed by atoms with Crippen LogP contribution in [0.2, 0.25) is 0 Å². The van der Waals surface area contributed by atoms with E-state index in [4.69, 9.17) is 12.6 Å². The molecular formula is C21H25FN6S. The molecule has 0 aliphatic carbocycles. The minimum atomic E-state index is -1.05. The van der Waals surface area contributed by atoms with Gasteiger partial charge in [0.25, 0.3) is 0 Å². The quantitative estimate of drug-likeness (QED) is 0.648. The van der Waals surface area contributed by atoms with Gasteiger partial charge in [-0.1, -0.05) is 0 Å². The highest BCUT2D eigenvalue weighted by molar-refractivity contribution is 7.81. The number of rotatable bonds is 3. The van der Waals surface area contributed by atoms with Crippen molar-refractivity contribution in [1.82, 2.24) is 25.1 Å². The average Bonchev–Trinajstić information content (AvgIpc) is 3.04. The molecule has 2 aliphatic rings. The Morgan fingerprint density at radius 2 is 1.97 bits per heavy atom. The Bertz CT molecular complexity index is 1080. The molecule has 0 spiro atoms. The Balaban J connectivity index is 1.64. The third kappa shape index (κ3) is 3.09. The van der Waals surface area contributed by atoms with Gasteiger partial charge < -0.3 is 10.2 Å². The maximum absolute atomic E-state index is 14.9. The number of alkyl halides is 1. The lowest BCUT2D eigenvalue weighted by Gasteiger charge is -2.37. The van der Waals surface area contributed by atoms with Gasteiger partial charge in [-0.3, -0.25) is 0 Å². The Morgan fingerprint density at radius 3 is 2.69 bits per heavy atom. The summed E-state index contributed by atoms with van der Waals surface area (Å²) in [7, 11) is 0. The number of fused-ring (bicyclic) bond motifs is 1. The van der Waals surface area contributed by atoms with E-state index in [1.807, 2.05) is 36.9 Å². The van der Waals surface area contributed by atoms with Crippen LogP contribution in [0, 0.1) is 13.8 Å². The van der Waals surface area contributed by atoms with E-state index < -0.39 is 10.9 Å². The number of hydrogen-bond donors (Lipinski definition) is 2. The fraction of sp³-hybridized carbons (Fsp3) is 0.476. The lowest BCUT2D eigenvalue weighted by molar-refractivity contribution is 0.209. The van der Waals surface area contributed by atoms with Crippen LogP contribution in [0.1, 0.15) is 29.8 Å². The summed E-state index contributed by atoms with van der Waals surface area (Å²) < 4.78 is 15.9. The SMILES string of the molecule is Cc1nc(N2CCC2)cc(-n2ncc3cc(C)c([C@@]4(S)CCNCC4F)cc32)n1. The topological polar surface area (TPSA) is 58.9 Å². The molecule has 1 N–H and O–H groups in total. The van der Waals surface area contributed by atoms with E-state index in [-0.39, 0.29) is 0 Å². The second kappa shape index (κ2) is 6.95. The van der Waals surface area contributed by atoms with Crippen LogP contribution < -0.4 is 10.2 Å². The van der Waals surface area contributed by atoms with Crippen molar-refractivity contribution in [3.8, 4) is 5.82 Å². The molecule has 2 saturated heterocycles. The summed E-state index contributed by atoms with van der Waals surface area (Å²) >= 11 is 4.83. The number of nitrogens with zero attached hydrogens (tertiary/aromatic N) is 5. The molecule has 0 saturated carbocycles. The van der Waals surface area contributed by atoms with Crippen molar-refractivity contribution in [2.24, 2.45) is 0 Å². The van der Waals surface area contributed by atoms with Gasteiger partial charge in [0, 0.05) is 31.1 Å². The Kier molecular flexibility index (Phi) is 4.51. The molecule has 1 aromatic carbocycles. The molecule has 29 heavy (non-hydrogen) atoms. The maximum Gasteiger partial charge on any atom is 0.159 e. The van der Waals surface area contributed by atoms with E-state index in [1.165, 1.54) is 6.42 Å². The first-order chi connectivity index (χ1) is 14.0. The average molecular weight is 413 g/mol. The largest absolute Gasteiger partial charge is 0.356 e. The number of nitrogens with one attached hydrogen (secondary N) is 1. The second-order valence-corrected chi connectivity index (χ2v) is 8.90. The van der Waals surface area contributed by atoms with Crippen LogP contribution in [0.3, 0.4) is 0 Å². The standard InChI is InChI=1S/C21H25FN6S/c1-13-8-15-11-24-28(20-10-19(25-14(2)26-20)27-6-3-7-27)17(15)9-16(13)21(29)4-5-23-12-18(21)22/h8-11,18,23,29H,3-7,12H2,1-2H3/t18?,21-/m0/s1. The van der Waals surface area contributed by atoms with Gasteiger partial charge in [-0.15, -0.1) is 0 Å². The maximum atomic E-state index is 14.9. The van der Waals surface area contributed by atoms with Crippen molar-refractivity contribution >= 4 is 29.3 Å². The molecule has 1 unspecified atom stereocenters. The summed E-state index contributed by atoms with van der Waals surface area (Å²) in [6.07, 6.45) is 2.62. The number of thiol groups is 1. The van der Waals surface area contributed by atoms with Gasteiger partial charge in [0.15, 0.2) is 5.82 Å². The Labute approximate surface area is 174 Å². The van der Waals surface area contributed by atoms with E-state index >= 15 is 0 Å². The van der Waals surface area contributed by atoms with Gasteiger partial charge in [0.05, 0.1) is 16.5 Å². The normalized spacial score (nSPS) is 24.7. The molecule has 0 bridgehead atoms. The van der Waals surface area contributed by atoms with E-state index in [9.17, 15) is 4.39 Å². The fourth-order valence-corrected chi connectivity index (χ4v) is 4.77.